The van der Waals surface area contributed by atoms with Gasteiger partial charge >= 0.3 is 5.97 Å². The number of ether oxygens (including phenoxy) is 2. The average Bonchev–Trinajstić information content (AvgIpc) is 2.60. The highest BCUT2D eigenvalue weighted by Crippen LogP contribution is 2.18. The van der Waals surface area contributed by atoms with E-state index in [9.17, 15) is 14.4 Å². The summed E-state index contributed by atoms with van der Waals surface area (Å²) in [5, 5.41) is 2.71. The van der Waals surface area contributed by atoms with Gasteiger partial charge in [-0.1, -0.05) is 6.07 Å². The molecule has 130 valence electrons. The number of nitrogens with two attached hydrogens (primary N) is 1. The maximum atomic E-state index is 12.2. The van der Waals surface area contributed by atoms with Crippen LogP contribution in [0.2, 0.25) is 0 Å². The molecule has 0 saturated carbocycles. The molecule has 0 aliphatic carbocycles. The minimum absolute atomic E-state index is 0.209. The van der Waals surface area contributed by atoms with Gasteiger partial charge in [-0.25, -0.2) is 4.79 Å². The molecule has 0 bridgehead atoms. The fourth-order valence-electron chi connectivity index (χ4n) is 2.00. The van der Waals surface area contributed by atoms with Crippen LogP contribution < -0.4 is 15.8 Å². The predicted octanol–water partition coefficient (Wildman–Crippen LogP) is 1.98. The molecule has 2 aromatic carbocycles. The van der Waals surface area contributed by atoms with E-state index in [1.54, 1.807) is 31.2 Å². The van der Waals surface area contributed by atoms with Gasteiger partial charge in [0.05, 0.1) is 6.61 Å². The van der Waals surface area contributed by atoms with Crippen molar-refractivity contribution in [2.75, 3.05) is 18.5 Å². The van der Waals surface area contributed by atoms with Crippen LogP contribution in [0.3, 0.4) is 0 Å². The lowest BCUT2D eigenvalue weighted by molar-refractivity contribution is -0.145. The molecule has 0 radical (unpaired) electrons. The second-order valence-electron chi connectivity index (χ2n) is 5.02. The zero-order valence-corrected chi connectivity index (χ0v) is 13.7. The number of carbonyl (C=O) groups excluding carboxylic acids is 3. The van der Waals surface area contributed by atoms with Crippen molar-refractivity contribution in [1.82, 2.24) is 0 Å². The highest BCUT2D eigenvalue weighted by Gasteiger charge is 2.09. The summed E-state index contributed by atoms with van der Waals surface area (Å²) < 4.78 is 10.1. The molecule has 0 aliphatic heterocycles. The Morgan fingerprint density at radius 2 is 1.72 bits per heavy atom. The minimum Gasteiger partial charge on any atom is -0.482 e. The van der Waals surface area contributed by atoms with Gasteiger partial charge in [0.25, 0.3) is 5.91 Å². The lowest BCUT2D eigenvalue weighted by Gasteiger charge is -2.09. The molecule has 2 aromatic rings. The molecule has 2 rings (SSSR count). The number of amides is 2. The van der Waals surface area contributed by atoms with Crippen molar-refractivity contribution in [2.45, 2.75) is 6.92 Å². The Morgan fingerprint density at radius 3 is 2.36 bits per heavy atom. The third kappa shape index (κ3) is 5.35. The topological polar surface area (TPSA) is 108 Å². The summed E-state index contributed by atoms with van der Waals surface area (Å²) in [6.07, 6.45) is 0. The molecule has 2 amide bonds. The average molecular weight is 342 g/mol. The Bertz CT molecular complexity index is 771. The van der Waals surface area contributed by atoms with Crippen molar-refractivity contribution in [1.29, 1.82) is 0 Å². The van der Waals surface area contributed by atoms with Crippen molar-refractivity contribution in [3.63, 3.8) is 0 Å². The summed E-state index contributed by atoms with van der Waals surface area (Å²) in [6.45, 7) is 1.79. The van der Waals surface area contributed by atoms with E-state index < -0.39 is 11.9 Å². The van der Waals surface area contributed by atoms with E-state index in [0.29, 0.717) is 22.6 Å². The predicted molar refractivity (Wildman–Crippen MR) is 91.5 cm³/mol. The zero-order valence-electron chi connectivity index (χ0n) is 13.7. The monoisotopic (exact) mass is 342 g/mol. The number of anilines is 1. The van der Waals surface area contributed by atoms with Crippen molar-refractivity contribution in [2.24, 2.45) is 5.73 Å². The van der Waals surface area contributed by atoms with Crippen LogP contribution in [-0.4, -0.2) is 31.0 Å². The first-order valence-electron chi connectivity index (χ1n) is 7.59. The fourth-order valence-corrected chi connectivity index (χ4v) is 2.00. The molecule has 0 aromatic heterocycles. The first-order chi connectivity index (χ1) is 12.0. The fraction of sp³-hybridized carbons (Fsp3) is 0.167. The van der Waals surface area contributed by atoms with Crippen LogP contribution in [0.25, 0.3) is 0 Å². The molecule has 25 heavy (non-hydrogen) atoms. The maximum absolute atomic E-state index is 12.2. The van der Waals surface area contributed by atoms with E-state index in [1.165, 1.54) is 24.3 Å². The molecular formula is C18H18N2O5. The molecule has 0 spiro atoms. The van der Waals surface area contributed by atoms with Gasteiger partial charge in [0.1, 0.15) is 5.75 Å². The molecule has 0 heterocycles. The summed E-state index contributed by atoms with van der Waals surface area (Å²) in [4.78, 5) is 34.5. The molecule has 0 unspecified atom stereocenters. The molecule has 0 atom stereocenters. The van der Waals surface area contributed by atoms with Crippen LogP contribution in [0.1, 0.15) is 27.6 Å². The largest absolute Gasteiger partial charge is 0.482 e. The van der Waals surface area contributed by atoms with Crippen LogP contribution >= 0.6 is 0 Å². The van der Waals surface area contributed by atoms with Gasteiger partial charge in [-0.3, -0.25) is 9.59 Å². The minimum atomic E-state index is -0.557. The van der Waals surface area contributed by atoms with Crippen molar-refractivity contribution < 1.29 is 23.9 Å². The molecule has 0 aliphatic rings. The number of rotatable bonds is 7. The summed E-state index contributed by atoms with van der Waals surface area (Å²) in [5.74, 6) is -0.946. The van der Waals surface area contributed by atoms with E-state index in [0.717, 1.165) is 0 Å². The lowest BCUT2D eigenvalue weighted by atomic mass is 10.1. The Hall–Kier alpha value is -3.35. The van der Waals surface area contributed by atoms with E-state index in [2.05, 4.69) is 5.32 Å². The SMILES string of the molecule is CCOC(=O)COc1cccc(NC(=O)c2ccc(C(N)=O)cc2)c1. The molecule has 3 N–H and O–H groups in total. The van der Waals surface area contributed by atoms with Crippen LogP contribution in [0.15, 0.2) is 48.5 Å². The number of primary amides is 1. The van der Waals surface area contributed by atoms with Gasteiger partial charge < -0.3 is 20.5 Å². The van der Waals surface area contributed by atoms with Crippen LogP contribution in [-0.2, 0) is 9.53 Å². The molecule has 0 fully saturated rings. The Balaban J connectivity index is 1.99. The maximum Gasteiger partial charge on any atom is 0.344 e. The highest BCUT2D eigenvalue weighted by molar-refractivity contribution is 6.05. The van der Waals surface area contributed by atoms with E-state index >= 15 is 0 Å². The summed E-state index contributed by atoms with van der Waals surface area (Å²) in [7, 11) is 0. The summed E-state index contributed by atoms with van der Waals surface area (Å²) >= 11 is 0. The molecule has 7 nitrogen and oxygen atoms in total. The number of benzene rings is 2. The Labute approximate surface area is 144 Å². The van der Waals surface area contributed by atoms with E-state index in [-0.39, 0.29) is 19.1 Å². The quantitative estimate of drug-likeness (QED) is 0.748. The molecule has 7 heteroatoms. The smallest absolute Gasteiger partial charge is 0.344 e. The summed E-state index contributed by atoms with van der Waals surface area (Å²) in [5.41, 5.74) is 6.37. The third-order valence-corrected chi connectivity index (χ3v) is 3.19. The number of hydrogen-bond donors (Lipinski definition) is 2. The number of hydrogen-bond acceptors (Lipinski definition) is 5. The van der Waals surface area contributed by atoms with E-state index in [1.807, 2.05) is 0 Å². The number of carbonyl (C=O) groups is 3. The Kier molecular flexibility index (Phi) is 6.11. The number of esters is 1. The molecule has 0 saturated heterocycles. The third-order valence-electron chi connectivity index (χ3n) is 3.19. The normalized spacial score (nSPS) is 9.96. The van der Waals surface area contributed by atoms with Crippen LogP contribution in [0, 0.1) is 0 Å². The zero-order chi connectivity index (χ0) is 18.2. The summed E-state index contributed by atoms with van der Waals surface area (Å²) in [6, 6.07) is 12.6. The van der Waals surface area contributed by atoms with Gasteiger partial charge in [0, 0.05) is 22.9 Å². The van der Waals surface area contributed by atoms with Gasteiger partial charge in [-0.15, -0.1) is 0 Å². The van der Waals surface area contributed by atoms with Crippen molar-refractivity contribution in [3.05, 3.63) is 59.7 Å². The van der Waals surface area contributed by atoms with Gasteiger partial charge in [0.15, 0.2) is 6.61 Å². The Morgan fingerprint density at radius 1 is 1.04 bits per heavy atom. The standard InChI is InChI=1S/C18H18N2O5/c1-2-24-16(21)11-25-15-5-3-4-14(10-15)20-18(23)13-8-6-12(7-9-13)17(19)22/h3-10H,2,11H2,1H3,(H2,19,22)(H,20,23). The number of nitrogens with one attached hydrogen (secondary N) is 1. The first-order valence-corrected chi connectivity index (χ1v) is 7.59. The van der Waals surface area contributed by atoms with Gasteiger partial charge in [0.2, 0.25) is 5.91 Å². The van der Waals surface area contributed by atoms with Gasteiger partial charge in [-0.05, 0) is 43.3 Å². The van der Waals surface area contributed by atoms with Gasteiger partial charge in [-0.2, -0.15) is 0 Å². The van der Waals surface area contributed by atoms with Crippen LogP contribution in [0.5, 0.6) is 5.75 Å². The molecular weight excluding hydrogens is 324 g/mol. The van der Waals surface area contributed by atoms with Crippen molar-refractivity contribution >= 4 is 23.5 Å². The highest BCUT2D eigenvalue weighted by atomic mass is 16.6. The first kappa shape index (κ1) is 18.0. The second-order valence-corrected chi connectivity index (χ2v) is 5.02. The van der Waals surface area contributed by atoms with Crippen LogP contribution in [0.4, 0.5) is 5.69 Å². The second kappa shape index (κ2) is 8.49. The lowest BCUT2D eigenvalue weighted by Crippen LogP contribution is -2.15. The van der Waals surface area contributed by atoms with E-state index in [4.69, 9.17) is 15.2 Å². The van der Waals surface area contributed by atoms with Crippen molar-refractivity contribution in [3.8, 4) is 5.75 Å².